The number of carbonyl (C=O) groups excluding carboxylic acids is 2. The summed E-state index contributed by atoms with van der Waals surface area (Å²) in [6, 6.07) is 1.45. The third-order valence-electron chi connectivity index (χ3n) is 4.51. The Morgan fingerprint density at radius 3 is 2.64 bits per heavy atom. The highest BCUT2D eigenvalue weighted by molar-refractivity contribution is 6.29. The maximum atomic E-state index is 12.7. The molecular weight excluding hydrogens is 386 g/mol. The smallest absolute Gasteiger partial charge is 0.414 e. The molecule has 1 N–H and O–H groups in total. The van der Waals surface area contributed by atoms with Crippen molar-refractivity contribution in [1.82, 2.24) is 19.9 Å². The Bertz CT molecular complexity index is 905. The first kappa shape index (κ1) is 20.3. The van der Waals surface area contributed by atoms with Crippen LogP contribution in [0.2, 0.25) is 5.15 Å². The van der Waals surface area contributed by atoms with Crippen LogP contribution in [0.1, 0.15) is 44.1 Å². The number of nitrogens with zero attached hydrogens (tertiary/aromatic N) is 4. The molecule has 152 valence electrons. The van der Waals surface area contributed by atoms with Crippen LogP contribution in [0, 0.1) is 0 Å². The molecule has 0 radical (unpaired) electrons. The zero-order chi connectivity index (χ0) is 20.6. The summed E-state index contributed by atoms with van der Waals surface area (Å²) in [5.74, 6) is -0.333. The van der Waals surface area contributed by atoms with Gasteiger partial charge in [0.05, 0.1) is 24.0 Å². The summed E-state index contributed by atoms with van der Waals surface area (Å²) in [6.45, 7) is 5.33. The molecule has 2 aromatic heterocycles. The number of halogens is 1. The molecule has 0 spiro atoms. The molecule has 1 saturated carbocycles. The van der Waals surface area contributed by atoms with E-state index in [9.17, 15) is 9.59 Å². The molecule has 2 atom stereocenters. The predicted octanol–water partition coefficient (Wildman–Crippen LogP) is 2.66. The van der Waals surface area contributed by atoms with Gasteiger partial charge in [-0.1, -0.05) is 11.6 Å². The van der Waals surface area contributed by atoms with E-state index in [0.29, 0.717) is 11.3 Å². The Balaban J connectivity index is 1.90. The van der Waals surface area contributed by atoms with Gasteiger partial charge in [0.15, 0.2) is 16.5 Å². The Labute approximate surface area is 167 Å². The van der Waals surface area contributed by atoms with Gasteiger partial charge in [0.1, 0.15) is 5.60 Å². The van der Waals surface area contributed by atoms with Crippen molar-refractivity contribution < 1.29 is 19.1 Å². The Morgan fingerprint density at radius 1 is 1.36 bits per heavy atom. The number of fused-ring (bicyclic) bond motifs is 1. The lowest BCUT2D eigenvalue weighted by Crippen LogP contribution is -2.51. The van der Waals surface area contributed by atoms with Crippen LogP contribution in [0.25, 0.3) is 5.65 Å². The molecule has 1 unspecified atom stereocenters. The fraction of sp³-hybridized carbons (Fsp3) is 0.556. The molecule has 10 heteroatoms. The summed E-state index contributed by atoms with van der Waals surface area (Å²) in [7, 11) is 3.17. The summed E-state index contributed by atoms with van der Waals surface area (Å²) >= 11 is 6.14. The van der Waals surface area contributed by atoms with Crippen LogP contribution in [-0.4, -0.2) is 58.5 Å². The molecule has 1 aliphatic carbocycles. The molecule has 2 aromatic rings. The number of amides is 2. The Morgan fingerprint density at radius 2 is 2.07 bits per heavy atom. The first-order chi connectivity index (χ1) is 13.1. The van der Waals surface area contributed by atoms with E-state index < -0.39 is 11.7 Å². The molecule has 0 bridgehead atoms. The van der Waals surface area contributed by atoms with Gasteiger partial charge < -0.3 is 14.8 Å². The summed E-state index contributed by atoms with van der Waals surface area (Å²) in [6.07, 6.45) is 2.60. The molecular formula is C18H24ClN5O4. The van der Waals surface area contributed by atoms with E-state index in [1.807, 2.05) is 0 Å². The quantitative estimate of drug-likeness (QED) is 0.833. The van der Waals surface area contributed by atoms with Crippen molar-refractivity contribution in [3.63, 3.8) is 0 Å². The molecule has 9 nitrogen and oxygen atoms in total. The third kappa shape index (κ3) is 4.05. The molecule has 28 heavy (non-hydrogen) atoms. The van der Waals surface area contributed by atoms with Gasteiger partial charge >= 0.3 is 6.09 Å². The topological polar surface area (TPSA) is 98.1 Å². The molecule has 1 aliphatic rings. The second kappa shape index (κ2) is 7.56. The number of imidazole rings is 1. The van der Waals surface area contributed by atoms with Gasteiger partial charge in [-0.25, -0.2) is 14.3 Å². The Kier molecular flexibility index (Phi) is 5.49. The molecule has 0 aliphatic heterocycles. The van der Waals surface area contributed by atoms with Crippen molar-refractivity contribution in [2.45, 2.75) is 51.4 Å². The molecule has 3 rings (SSSR count). The maximum Gasteiger partial charge on any atom is 0.414 e. The number of anilines is 1. The van der Waals surface area contributed by atoms with Crippen LogP contribution in [0.3, 0.4) is 0 Å². The maximum absolute atomic E-state index is 12.7. The number of nitrogens with one attached hydrogen (secondary N) is 1. The van der Waals surface area contributed by atoms with Crippen molar-refractivity contribution in [3.8, 4) is 0 Å². The number of hydrogen-bond donors (Lipinski definition) is 1. The van der Waals surface area contributed by atoms with Crippen LogP contribution < -0.4 is 10.2 Å². The SMILES string of the molecule is COC1CC[C@H]1NC(=O)c1cnc2c(N(C)C(=O)OC(C)(C)C)cc(Cl)nn12. The van der Waals surface area contributed by atoms with Gasteiger partial charge in [0.2, 0.25) is 0 Å². The summed E-state index contributed by atoms with van der Waals surface area (Å²) in [4.78, 5) is 30.7. The minimum Gasteiger partial charge on any atom is -0.443 e. The fourth-order valence-electron chi connectivity index (χ4n) is 2.91. The number of methoxy groups -OCH3 is 1. The lowest BCUT2D eigenvalue weighted by molar-refractivity contribution is 0.00717. The minimum atomic E-state index is -0.653. The largest absolute Gasteiger partial charge is 0.443 e. The Hall–Kier alpha value is -2.39. The number of aromatic nitrogens is 3. The highest BCUT2D eigenvalue weighted by atomic mass is 35.5. The average molecular weight is 410 g/mol. The van der Waals surface area contributed by atoms with Crippen molar-refractivity contribution in [3.05, 3.63) is 23.1 Å². The van der Waals surface area contributed by atoms with Gasteiger partial charge in [-0.2, -0.15) is 5.10 Å². The van der Waals surface area contributed by atoms with Crippen molar-refractivity contribution in [2.75, 3.05) is 19.1 Å². The predicted molar refractivity (Wildman–Crippen MR) is 104 cm³/mol. The zero-order valence-corrected chi connectivity index (χ0v) is 17.3. The molecule has 0 saturated heterocycles. The minimum absolute atomic E-state index is 0.00791. The highest BCUT2D eigenvalue weighted by Gasteiger charge is 2.33. The second-order valence-electron chi connectivity index (χ2n) is 7.70. The normalized spacial score (nSPS) is 19.2. The highest BCUT2D eigenvalue weighted by Crippen LogP contribution is 2.26. The van der Waals surface area contributed by atoms with Crippen molar-refractivity contribution in [2.24, 2.45) is 0 Å². The number of ether oxygens (including phenoxy) is 2. The lowest BCUT2D eigenvalue weighted by Gasteiger charge is -2.35. The van der Waals surface area contributed by atoms with E-state index in [2.05, 4.69) is 15.4 Å². The monoisotopic (exact) mass is 409 g/mol. The van der Waals surface area contributed by atoms with E-state index in [-0.39, 0.29) is 28.9 Å². The van der Waals surface area contributed by atoms with Crippen LogP contribution in [-0.2, 0) is 9.47 Å². The van der Waals surface area contributed by atoms with Gasteiger partial charge in [-0.05, 0) is 33.6 Å². The first-order valence-electron chi connectivity index (χ1n) is 8.95. The summed E-state index contributed by atoms with van der Waals surface area (Å²) in [5.41, 5.74) is 0.268. The average Bonchev–Trinajstić information content (AvgIpc) is 2.99. The number of rotatable bonds is 4. The first-order valence-corrected chi connectivity index (χ1v) is 9.33. The second-order valence-corrected chi connectivity index (χ2v) is 8.09. The van der Waals surface area contributed by atoms with Crippen LogP contribution in [0.4, 0.5) is 10.5 Å². The summed E-state index contributed by atoms with van der Waals surface area (Å²) < 4.78 is 12.0. The lowest BCUT2D eigenvalue weighted by atomic mass is 9.89. The molecule has 2 heterocycles. The summed E-state index contributed by atoms with van der Waals surface area (Å²) in [5, 5.41) is 7.21. The molecule has 0 aromatic carbocycles. The fourth-order valence-corrected chi connectivity index (χ4v) is 3.09. The van der Waals surface area contributed by atoms with E-state index >= 15 is 0 Å². The van der Waals surface area contributed by atoms with E-state index in [0.717, 1.165) is 12.8 Å². The van der Waals surface area contributed by atoms with Crippen molar-refractivity contribution >= 4 is 34.9 Å². The van der Waals surface area contributed by atoms with Gasteiger partial charge in [-0.3, -0.25) is 9.69 Å². The molecule has 2 amide bonds. The van der Waals surface area contributed by atoms with E-state index in [4.69, 9.17) is 21.1 Å². The number of carbonyl (C=O) groups is 2. The van der Waals surface area contributed by atoms with E-state index in [1.54, 1.807) is 34.9 Å². The third-order valence-corrected chi connectivity index (χ3v) is 4.69. The van der Waals surface area contributed by atoms with Gasteiger partial charge in [-0.15, -0.1) is 0 Å². The van der Waals surface area contributed by atoms with E-state index in [1.165, 1.54) is 21.7 Å². The van der Waals surface area contributed by atoms with Crippen LogP contribution in [0.5, 0.6) is 0 Å². The van der Waals surface area contributed by atoms with Crippen LogP contribution in [0.15, 0.2) is 12.3 Å². The number of hydrogen-bond acceptors (Lipinski definition) is 6. The zero-order valence-electron chi connectivity index (χ0n) is 16.5. The standard InChI is InChI=1S/C18H24ClN5O4/c1-18(2,3)28-17(26)23(4)11-8-14(19)22-24-12(9-20-15(11)24)16(25)21-10-6-7-13(10)27-5/h8-10,13H,6-7H2,1-5H3,(H,21,25)/t10-,13?/m1/s1. The van der Waals surface area contributed by atoms with Crippen LogP contribution >= 0.6 is 11.6 Å². The van der Waals surface area contributed by atoms with Gasteiger partial charge in [0.25, 0.3) is 5.91 Å². The molecule has 1 fully saturated rings. The van der Waals surface area contributed by atoms with Crippen molar-refractivity contribution in [1.29, 1.82) is 0 Å². The van der Waals surface area contributed by atoms with Gasteiger partial charge in [0, 0.05) is 20.2 Å².